The zero-order chi connectivity index (χ0) is 22.2. The zero-order valence-corrected chi connectivity index (χ0v) is 18.9. The highest BCUT2D eigenvalue weighted by molar-refractivity contribution is 7.99. The molecule has 0 bridgehead atoms. The summed E-state index contributed by atoms with van der Waals surface area (Å²) in [5.74, 6) is 1.46. The quantitative estimate of drug-likeness (QED) is 0.376. The minimum atomic E-state index is -0.138. The highest BCUT2D eigenvalue weighted by Crippen LogP contribution is 2.28. The van der Waals surface area contributed by atoms with E-state index in [9.17, 15) is 4.79 Å². The predicted octanol–water partition coefficient (Wildman–Crippen LogP) is 4.33. The fourth-order valence-electron chi connectivity index (χ4n) is 2.99. The summed E-state index contributed by atoms with van der Waals surface area (Å²) < 4.78 is 7.53. The van der Waals surface area contributed by atoms with Gasteiger partial charge in [-0.1, -0.05) is 42.1 Å². The second kappa shape index (κ2) is 10.7. The number of aromatic nitrogens is 3. The fourth-order valence-corrected chi connectivity index (χ4v) is 3.74. The topological polar surface area (TPSA) is 72.3 Å². The van der Waals surface area contributed by atoms with Gasteiger partial charge >= 0.3 is 0 Å². The number of carbonyl (C=O) groups is 1. The van der Waals surface area contributed by atoms with Crippen molar-refractivity contribution >= 4 is 29.0 Å². The van der Waals surface area contributed by atoms with Gasteiger partial charge in [0.05, 0.1) is 18.0 Å². The molecule has 0 spiro atoms. The average molecular weight is 438 g/mol. The van der Waals surface area contributed by atoms with Gasteiger partial charge < -0.3 is 15.0 Å². The minimum Gasteiger partial charge on any atom is -0.492 e. The summed E-state index contributed by atoms with van der Waals surface area (Å²) >= 11 is 1.34. The van der Waals surface area contributed by atoms with E-state index in [1.54, 1.807) is 6.08 Å². The average Bonchev–Trinajstić information content (AvgIpc) is 3.17. The standard InChI is InChI=1S/C23H27N5O2S/c1-5-14-28-22(17-10-9-11-18(15-17)27(3)4)25-26-23(28)31-16-21(29)24-19-12-7-8-13-20(19)30-6-2/h5,7-13,15H,1,6,14,16H2,2-4H3,(H,24,29). The lowest BCUT2D eigenvalue weighted by molar-refractivity contribution is -0.113. The van der Waals surface area contributed by atoms with Crippen LogP contribution in [0.2, 0.25) is 0 Å². The lowest BCUT2D eigenvalue weighted by Gasteiger charge is -2.14. The number of carbonyl (C=O) groups excluding carboxylic acids is 1. The highest BCUT2D eigenvalue weighted by atomic mass is 32.2. The molecule has 0 atom stereocenters. The second-order valence-electron chi connectivity index (χ2n) is 6.92. The third kappa shape index (κ3) is 5.67. The number of hydrogen-bond acceptors (Lipinski definition) is 6. The normalized spacial score (nSPS) is 10.5. The van der Waals surface area contributed by atoms with E-state index in [0.29, 0.717) is 29.7 Å². The largest absolute Gasteiger partial charge is 0.492 e. The Morgan fingerprint density at radius 2 is 2.03 bits per heavy atom. The third-order valence-electron chi connectivity index (χ3n) is 4.44. The van der Waals surface area contributed by atoms with Gasteiger partial charge in [-0.2, -0.15) is 0 Å². The molecule has 8 heteroatoms. The maximum absolute atomic E-state index is 12.5. The highest BCUT2D eigenvalue weighted by Gasteiger charge is 2.16. The number of ether oxygens (including phenoxy) is 1. The first kappa shape index (κ1) is 22.4. The minimum absolute atomic E-state index is 0.138. The fraction of sp³-hybridized carbons (Fsp3) is 0.261. The molecule has 1 aromatic heterocycles. The first-order valence-electron chi connectivity index (χ1n) is 9.99. The van der Waals surface area contributed by atoms with E-state index in [4.69, 9.17) is 4.74 Å². The molecule has 0 unspecified atom stereocenters. The summed E-state index contributed by atoms with van der Waals surface area (Å²) in [6, 6.07) is 15.5. The molecule has 31 heavy (non-hydrogen) atoms. The van der Waals surface area contributed by atoms with Crippen LogP contribution < -0.4 is 15.0 Å². The first-order valence-corrected chi connectivity index (χ1v) is 11.0. The SMILES string of the molecule is C=CCn1c(SCC(=O)Nc2ccccc2OCC)nnc1-c1cccc(N(C)C)c1. The Labute approximate surface area is 187 Å². The molecule has 0 aliphatic rings. The van der Waals surface area contributed by atoms with Crippen molar-refractivity contribution in [2.45, 2.75) is 18.6 Å². The first-order chi connectivity index (χ1) is 15.0. The number of allylic oxidation sites excluding steroid dienone is 1. The van der Waals surface area contributed by atoms with Crippen LogP contribution in [0.15, 0.2) is 66.3 Å². The monoisotopic (exact) mass is 437 g/mol. The lowest BCUT2D eigenvalue weighted by Crippen LogP contribution is -2.15. The van der Waals surface area contributed by atoms with Crippen molar-refractivity contribution in [2.75, 3.05) is 36.7 Å². The Kier molecular flexibility index (Phi) is 7.72. The third-order valence-corrected chi connectivity index (χ3v) is 5.41. The van der Waals surface area contributed by atoms with Crippen molar-refractivity contribution in [3.63, 3.8) is 0 Å². The predicted molar refractivity (Wildman–Crippen MR) is 127 cm³/mol. The number of hydrogen-bond donors (Lipinski definition) is 1. The molecule has 162 valence electrons. The number of benzene rings is 2. The molecule has 2 aromatic carbocycles. The van der Waals surface area contributed by atoms with Gasteiger partial charge in [-0.15, -0.1) is 16.8 Å². The second-order valence-corrected chi connectivity index (χ2v) is 7.86. The Bertz CT molecular complexity index is 1050. The number of thioether (sulfide) groups is 1. The number of para-hydroxylation sites is 2. The van der Waals surface area contributed by atoms with Crippen molar-refractivity contribution in [3.05, 3.63) is 61.2 Å². The Morgan fingerprint density at radius 1 is 1.23 bits per heavy atom. The molecule has 0 fully saturated rings. The van der Waals surface area contributed by atoms with Crippen molar-refractivity contribution in [1.29, 1.82) is 0 Å². The zero-order valence-electron chi connectivity index (χ0n) is 18.0. The summed E-state index contributed by atoms with van der Waals surface area (Å²) in [7, 11) is 3.99. The maximum Gasteiger partial charge on any atom is 0.234 e. The Balaban J connectivity index is 1.74. The van der Waals surface area contributed by atoms with Gasteiger partial charge in [0.1, 0.15) is 5.75 Å². The van der Waals surface area contributed by atoms with Crippen LogP contribution in [0.25, 0.3) is 11.4 Å². The van der Waals surface area contributed by atoms with E-state index in [0.717, 1.165) is 17.1 Å². The van der Waals surface area contributed by atoms with Crippen molar-refractivity contribution in [2.24, 2.45) is 0 Å². The van der Waals surface area contributed by atoms with Crippen LogP contribution in [0, 0.1) is 0 Å². The molecule has 3 aromatic rings. The van der Waals surface area contributed by atoms with E-state index >= 15 is 0 Å². The molecule has 3 rings (SSSR count). The van der Waals surface area contributed by atoms with E-state index in [-0.39, 0.29) is 11.7 Å². The number of nitrogens with one attached hydrogen (secondary N) is 1. The van der Waals surface area contributed by atoms with Gasteiger partial charge in [0.15, 0.2) is 11.0 Å². The van der Waals surface area contributed by atoms with Crippen LogP contribution in [0.4, 0.5) is 11.4 Å². The summed E-state index contributed by atoms with van der Waals surface area (Å²) in [5, 5.41) is 12.3. The molecule has 0 radical (unpaired) electrons. The van der Waals surface area contributed by atoms with Crippen molar-refractivity contribution in [1.82, 2.24) is 14.8 Å². The molecular weight excluding hydrogens is 410 g/mol. The number of rotatable bonds is 10. The van der Waals surface area contributed by atoms with Crippen LogP contribution in [0.5, 0.6) is 5.75 Å². The van der Waals surface area contributed by atoms with Gasteiger partial charge in [0.2, 0.25) is 5.91 Å². The summed E-state index contributed by atoms with van der Waals surface area (Å²) in [6.07, 6.45) is 1.80. The molecule has 1 heterocycles. The van der Waals surface area contributed by atoms with E-state index in [1.807, 2.05) is 73.0 Å². The van der Waals surface area contributed by atoms with Crippen LogP contribution in [-0.2, 0) is 11.3 Å². The van der Waals surface area contributed by atoms with Gasteiger partial charge in [0, 0.05) is 31.9 Å². The molecule has 0 aliphatic heterocycles. The van der Waals surface area contributed by atoms with Gasteiger partial charge in [-0.25, -0.2) is 0 Å². The molecule has 7 nitrogen and oxygen atoms in total. The smallest absolute Gasteiger partial charge is 0.234 e. The van der Waals surface area contributed by atoms with Gasteiger partial charge in [-0.05, 0) is 31.2 Å². The Morgan fingerprint density at radius 3 is 2.77 bits per heavy atom. The molecule has 1 amide bonds. The Hall–Kier alpha value is -3.26. The van der Waals surface area contributed by atoms with Crippen molar-refractivity contribution in [3.8, 4) is 17.1 Å². The van der Waals surface area contributed by atoms with Crippen molar-refractivity contribution < 1.29 is 9.53 Å². The lowest BCUT2D eigenvalue weighted by atomic mass is 10.2. The van der Waals surface area contributed by atoms with Crippen LogP contribution in [-0.4, -0.2) is 47.1 Å². The van der Waals surface area contributed by atoms with Crippen LogP contribution in [0.3, 0.4) is 0 Å². The molecule has 0 saturated carbocycles. The number of nitrogens with zero attached hydrogens (tertiary/aromatic N) is 4. The number of anilines is 2. The molecular formula is C23H27N5O2S. The number of amides is 1. The van der Waals surface area contributed by atoms with E-state index in [1.165, 1.54) is 11.8 Å². The van der Waals surface area contributed by atoms with Crippen LogP contribution in [0.1, 0.15) is 6.92 Å². The molecule has 0 saturated heterocycles. The van der Waals surface area contributed by atoms with E-state index in [2.05, 4.69) is 28.2 Å². The maximum atomic E-state index is 12.5. The summed E-state index contributed by atoms with van der Waals surface area (Å²) in [5.41, 5.74) is 2.69. The van der Waals surface area contributed by atoms with Gasteiger partial charge in [-0.3, -0.25) is 9.36 Å². The molecule has 0 aliphatic carbocycles. The van der Waals surface area contributed by atoms with Crippen LogP contribution >= 0.6 is 11.8 Å². The summed E-state index contributed by atoms with van der Waals surface area (Å²) in [6.45, 7) is 6.84. The molecule has 1 N–H and O–H groups in total. The van der Waals surface area contributed by atoms with E-state index < -0.39 is 0 Å². The summed E-state index contributed by atoms with van der Waals surface area (Å²) in [4.78, 5) is 14.6. The van der Waals surface area contributed by atoms with Gasteiger partial charge in [0.25, 0.3) is 0 Å².